The molecule has 0 aromatic rings. The molecule has 0 aromatic carbocycles. The smallest absolute Gasteiger partial charge is 0.303 e. The first-order valence-electron chi connectivity index (χ1n) is 10.2. The van der Waals surface area contributed by atoms with Crippen LogP contribution in [-0.4, -0.2) is 44.7 Å². The molecule has 0 amide bonds. The van der Waals surface area contributed by atoms with Crippen LogP contribution in [0.15, 0.2) is 36.5 Å². The van der Waals surface area contributed by atoms with E-state index in [9.17, 15) is 20.1 Å². The van der Waals surface area contributed by atoms with Crippen LogP contribution in [0.2, 0.25) is 0 Å². The molecule has 5 heteroatoms. The molecule has 0 aromatic heterocycles. The molecule has 5 nitrogen and oxygen atoms in total. The van der Waals surface area contributed by atoms with E-state index in [1.807, 2.05) is 6.08 Å². The van der Waals surface area contributed by atoms with Gasteiger partial charge in [0.1, 0.15) is 0 Å². The van der Waals surface area contributed by atoms with Crippen molar-refractivity contribution in [1.29, 1.82) is 0 Å². The summed E-state index contributed by atoms with van der Waals surface area (Å²) < 4.78 is 0. The third kappa shape index (κ3) is 9.89. The SMILES string of the molecule is CCCCC/C=C\C/C=C\C[C@@H]1[C@H](C=C[C@@H](O)CCC(=O)O)[C@@H](O)C[C@H]1O. The van der Waals surface area contributed by atoms with E-state index < -0.39 is 24.3 Å². The average molecular weight is 381 g/mol. The van der Waals surface area contributed by atoms with Crippen LogP contribution in [0.25, 0.3) is 0 Å². The maximum absolute atomic E-state index is 10.5. The molecule has 1 aliphatic carbocycles. The fraction of sp³-hybridized carbons (Fsp3) is 0.682. The molecular formula is C22H36O5. The van der Waals surface area contributed by atoms with Gasteiger partial charge in [0, 0.05) is 18.8 Å². The Morgan fingerprint density at radius 3 is 2.56 bits per heavy atom. The molecule has 1 saturated carbocycles. The van der Waals surface area contributed by atoms with Gasteiger partial charge in [0.25, 0.3) is 0 Å². The maximum Gasteiger partial charge on any atom is 0.303 e. The van der Waals surface area contributed by atoms with E-state index >= 15 is 0 Å². The molecule has 1 aliphatic rings. The van der Waals surface area contributed by atoms with Crippen LogP contribution in [0, 0.1) is 11.8 Å². The maximum atomic E-state index is 10.5. The molecule has 1 rings (SSSR count). The Bertz CT molecular complexity index is 497. The second-order valence-electron chi connectivity index (χ2n) is 7.41. The van der Waals surface area contributed by atoms with Crippen LogP contribution in [0.5, 0.6) is 0 Å². The van der Waals surface area contributed by atoms with Crippen molar-refractivity contribution in [2.24, 2.45) is 11.8 Å². The standard InChI is InChI=1S/C22H36O5/c1-2-3-4-5-6-7-8-9-10-11-18-19(21(25)16-20(18)24)14-12-17(23)13-15-22(26)27/h6-7,9-10,12,14,17-21,23-25H,2-5,8,11,13,15-16H2,1H3,(H,26,27)/b7-6-,10-9-,14-12?/t17-,18-,19+,20-,21+/m1/s1. The van der Waals surface area contributed by atoms with E-state index in [-0.39, 0.29) is 24.7 Å². The summed E-state index contributed by atoms with van der Waals surface area (Å²) in [6.45, 7) is 2.19. The molecule has 0 bridgehead atoms. The molecule has 0 heterocycles. The minimum atomic E-state index is -0.943. The van der Waals surface area contributed by atoms with Gasteiger partial charge in [-0.2, -0.15) is 0 Å². The van der Waals surface area contributed by atoms with Crippen molar-refractivity contribution < 1.29 is 25.2 Å². The van der Waals surface area contributed by atoms with E-state index in [0.29, 0.717) is 12.8 Å². The van der Waals surface area contributed by atoms with Gasteiger partial charge in [-0.05, 0) is 38.0 Å². The predicted octanol–water partition coefficient (Wildman–Crippen LogP) is 3.60. The average Bonchev–Trinajstić information content (AvgIpc) is 2.89. The van der Waals surface area contributed by atoms with Gasteiger partial charge in [0.2, 0.25) is 0 Å². The number of aliphatic hydroxyl groups is 3. The van der Waals surface area contributed by atoms with Gasteiger partial charge in [-0.1, -0.05) is 56.2 Å². The van der Waals surface area contributed by atoms with Crippen molar-refractivity contribution in [3.63, 3.8) is 0 Å². The summed E-state index contributed by atoms with van der Waals surface area (Å²) in [5.74, 6) is -1.26. The monoisotopic (exact) mass is 380 g/mol. The number of hydrogen-bond acceptors (Lipinski definition) is 4. The van der Waals surface area contributed by atoms with Crippen LogP contribution in [0.3, 0.4) is 0 Å². The lowest BCUT2D eigenvalue weighted by Crippen LogP contribution is -2.20. The molecule has 27 heavy (non-hydrogen) atoms. The molecule has 0 saturated heterocycles. The number of rotatable bonds is 13. The van der Waals surface area contributed by atoms with Gasteiger partial charge < -0.3 is 20.4 Å². The third-order valence-corrected chi connectivity index (χ3v) is 5.11. The minimum Gasteiger partial charge on any atom is -0.481 e. The highest BCUT2D eigenvalue weighted by molar-refractivity contribution is 5.66. The zero-order chi connectivity index (χ0) is 20.1. The summed E-state index contributed by atoms with van der Waals surface area (Å²) in [4.78, 5) is 10.5. The summed E-state index contributed by atoms with van der Waals surface area (Å²) >= 11 is 0. The molecule has 0 aliphatic heterocycles. The van der Waals surface area contributed by atoms with Gasteiger partial charge in [-0.3, -0.25) is 4.79 Å². The Kier molecular flexibility index (Phi) is 12.0. The number of hydrogen-bond donors (Lipinski definition) is 4. The molecule has 0 spiro atoms. The third-order valence-electron chi connectivity index (χ3n) is 5.11. The Balaban J connectivity index is 2.44. The van der Waals surface area contributed by atoms with Gasteiger partial charge in [-0.25, -0.2) is 0 Å². The molecular weight excluding hydrogens is 344 g/mol. The Labute approximate surface area is 163 Å². The number of carbonyl (C=O) groups is 1. The first kappa shape index (κ1) is 23.6. The molecule has 154 valence electrons. The molecule has 5 atom stereocenters. The first-order valence-corrected chi connectivity index (χ1v) is 10.2. The summed E-state index contributed by atoms with van der Waals surface area (Å²) in [5, 5.41) is 38.9. The van der Waals surface area contributed by atoms with Crippen molar-refractivity contribution in [2.75, 3.05) is 0 Å². The van der Waals surface area contributed by atoms with Crippen molar-refractivity contribution in [3.8, 4) is 0 Å². The summed E-state index contributed by atoms with van der Waals surface area (Å²) in [5.41, 5.74) is 0. The second kappa shape index (κ2) is 13.7. The zero-order valence-corrected chi connectivity index (χ0v) is 16.4. The molecule has 0 unspecified atom stereocenters. The number of carboxylic acid groups (broad SMARTS) is 1. The van der Waals surface area contributed by atoms with Crippen molar-refractivity contribution in [2.45, 2.75) is 83.0 Å². The zero-order valence-electron chi connectivity index (χ0n) is 16.4. The lowest BCUT2D eigenvalue weighted by Gasteiger charge is -2.19. The van der Waals surface area contributed by atoms with Crippen LogP contribution in [0.1, 0.15) is 64.7 Å². The van der Waals surface area contributed by atoms with Crippen molar-refractivity contribution >= 4 is 5.97 Å². The quantitative estimate of drug-likeness (QED) is 0.289. The first-order chi connectivity index (χ1) is 13.0. The normalized spacial score (nSPS) is 27.3. The Hall–Kier alpha value is -1.43. The van der Waals surface area contributed by atoms with E-state index in [1.54, 1.807) is 12.2 Å². The highest BCUT2D eigenvalue weighted by Crippen LogP contribution is 2.36. The fourth-order valence-corrected chi connectivity index (χ4v) is 3.48. The number of unbranched alkanes of at least 4 members (excludes halogenated alkanes) is 3. The summed E-state index contributed by atoms with van der Waals surface area (Å²) in [6.07, 6.45) is 16.5. The van der Waals surface area contributed by atoms with Gasteiger partial charge >= 0.3 is 5.97 Å². The lowest BCUT2D eigenvalue weighted by atomic mass is 9.89. The Morgan fingerprint density at radius 2 is 1.85 bits per heavy atom. The van der Waals surface area contributed by atoms with E-state index in [2.05, 4.69) is 25.2 Å². The minimum absolute atomic E-state index is 0.0901. The van der Waals surface area contributed by atoms with E-state index in [1.165, 1.54) is 19.3 Å². The molecule has 0 radical (unpaired) electrons. The summed E-state index contributed by atoms with van der Waals surface area (Å²) in [6, 6.07) is 0. The van der Waals surface area contributed by atoms with Gasteiger partial charge in [0.05, 0.1) is 18.3 Å². The van der Waals surface area contributed by atoms with Crippen LogP contribution >= 0.6 is 0 Å². The topological polar surface area (TPSA) is 98.0 Å². The van der Waals surface area contributed by atoms with Gasteiger partial charge in [0.15, 0.2) is 0 Å². The number of carboxylic acids is 1. The second-order valence-corrected chi connectivity index (χ2v) is 7.41. The van der Waals surface area contributed by atoms with Crippen LogP contribution in [-0.2, 0) is 4.79 Å². The molecule has 1 fully saturated rings. The summed E-state index contributed by atoms with van der Waals surface area (Å²) in [7, 11) is 0. The van der Waals surface area contributed by atoms with Gasteiger partial charge in [-0.15, -0.1) is 0 Å². The van der Waals surface area contributed by atoms with Crippen molar-refractivity contribution in [3.05, 3.63) is 36.5 Å². The largest absolute Gasteiger partial charge is 0.481 e. The number of allylic oxidation sites excluding steroid dienone is 4. The fourth-order valence-electron chi connectivity index (χ4n) is 3.48. The lowest BCUT2D eigenvalue weighted by molar-refractivity contribution is -0.137. The van der Waals surface area contributed by atoms with E-state index in [0.717, 1.165) is 12.8 Å². The highest BCUT2D eigenvalue weighted by Gasteiger charge is 2.39. The number of aliphatic carboxylic acids is 1. The predicted molar refractivity (Wildman–Crippen MR) is 107 cm³/mol. The molecule has 4 N–H and O–H groups in total. The highest BCUT2D eigenvalue weighted by atomic mass is 16.4. The van der Waals surface area contributed by atoms with E-state index in [4.69, 9.17) is 5.11 Å². The van der Waals surface area contributed by atoms with Crippen LogP contribution < -0.4 is 0 Å². The number of aliphatic hydroxyl groups excluding tert-OH is 3. The Morgan fingerprint density at radius 1 is 1.11 bits per heavy atom. The van der Waals surface area contributed by atoms with Crippen LogP contribution in [0.4, 0.5) is 0 Å². The van der Waals surface area contributed by atoms with Crippen molar-refractivity contribution in [1.82, 2.24) is 0 Å².